The monoisotopic (exact) mass is 235 g/mol. The molecule has 5 nitrogen and oxygen atoms in total. The Morgan fingerprint density at radius 3 is 2.60 bits per heavy atom. The predicted octanol–water partition coefficient (Wildman–Crippen LogP) is 0.456. The molecule has 0 radical (unpaired) electrons. The number of ether oxygens (including phenoxy) is 2. The molecule has 2 N–H and O–H groups in total. The number of sulfonamides is 1. The van der Waals surface area contributed by atoms with Gasteiger partial charge in [0.25, 0.3) is 0 Å². The lowest BCUT2D eigenvalue weighted by Crippen LogP contribution is -2.12. The minimum atomic E-state index is -3.89. The van der Waals surface area contributed by atoms with Crippen LogP contribution in [0.3, 0.4) is 0 Å². The van der Waals surface area contributed by atoms with Crippen LogP contribution in [0.2, 0.25) is 0 Å². The highest BCUT2D eigenvalue weighted by molar-refractivity contribution is 7.89. The molecule has 0 aliphatic rings. The van der Waals surface area contributed by atoms with E-state index >= 15 is 0 Å². The lowest BCUT2D eigenvalue weighted by atomic mass is 10.3. The van der Waals surface area contributed by atoms with Crippen molar-refractivity contribution < 1.29 is 22.3 Å². The van der Waals surface area contributed by atoms with Crippen LogP contribution >= 0.6 is 0 Å². The molecule has 0 aromatic heterocycles. The summed E-state index contributed by atoms with van der Waals surface area (Å²) in [7, 11) is -2.50. The first-order valence-corrected chi connectivity index (χ1v) is 5.44. The first-order chi connectivity index (χ1) is 6.95. The molecule has 1 aromatic rings. The van der Waals surface area contributed by atoms with E-state index in [-0.39, 0.29) is 17.4 Å². The van der Waals surface area contributed by atoms with Crippen LogP contribution in [0.1, 0.15) is 0 Å². The van der Waals surface area contributed by atoms with Gasteiger partial charge in [0.05, 0.1) is 4.90 Å². The third kappa shape index (κ3) is 3.15. The van der Waals surface area contributed by atoms with Crippen molar-refractivity contribution in [2.24, 2.45) is 5.14 Å². The Balaban J connectivity index is 2.99. The van der Waals surface area contributed by atoms with Crippen molar-refractivity contribution in [2.75, 3.05) is 13.9 Å². The average Bonchev–Trinajstić information content (AvgIpc) is 2.14. The zero-order chi connectivity index (χ0) is 11.5. The van der Waals surface area contributed by atoms with E-state index in [4.69, 9.17) is 9.88 Å². The number of hydrogen-bond acceptors (Lipinski definition) is 4. The highest BCUT2D eigenvalue weighted by atomic mass is 32.2. The Morgan fingerprint density at radius 1 is 1.47 bits per heavy atom. The molecule has 0 heterocycles. The van der Waals surface area contributed by atoms with Gasteiger partial charge in [-0.05, 0) is 18.2 Å². The quantitative estimate of drug-likeness (QED) is 0.769. The molecule has 7 heteroatoms. The molecule has 0 saturated carbocycles. The van der Waals surface area contributed by atoms with E-state index in [1.807, 2.05) is 0 Å². The predicted molar refractivity (Wildman–Crippen MR) is 50.3 cm³/mol. The van der Waals surface area contributed by atoms with E-state index in [1.54, 1.807) is 0 Å². The van der Waals surface area contributed by atoms with E-state index in [9.17, 15) is 12.8 Å². The van der Waals surface area contributed by atoms with E-state index in [0.717, 1.165) is 12.1 Å². The standard InChI is InChI=1S/C8H10FNO4S/c1-13-5-14-8-3-2-6(4-7(8)9)15(10,11)12/h2-4H,5H2,1H3,(H2,10,11,12). The van der Waals surface area contributed by atoms with Crippen LogP contribution in [-0.4, -0.2) is 22.3 Å². The molecule has 1 rings (SSSR count). The van der Waals surface area contributed by atoms with Crippen LogP contribution in [-0.2, 0) is 14.8 Å². The number of primary sulfonamides is 1. The summed E-state index contributed by atoms with van der Waals surface area (Å²) < 4.78 is 44.3. The fourth-order valence-corrected chi connectivity index (χ4v) is 1.42. The largest absolute Gasteiger partial charge is 0.464 e. The molecule has 0 fully saturated rings. The van der Waals surface area contributed by atoms with Gasteiger partial charge in [-0.15, -0.1) is 0 Å². The normalized spacial score (nSPS) is 11.4. The summed E-state index contributed by atoms with van der Waals surface area (Å²) in [5.74, 6) is -0.900. The third-order valence-corrected chi connectivity index (χ3v) is 2.48. The second kappa shape index (κ2) is 4.56. The van der Waals surface area contributed by atoms with Crippen molar-refractivity contribution in [1.82, 2.24) is 0 Å². The minimum absolute atomic E-state index is 0.0933. The van der Waals surface area contributed by atoms with Gasteiger partial charge in [-0.2, -0.15) is 0 Å². The van der Waals surface area contributed by atoms with E-state index < -0.39 is 15.8 Å². The molecule has 0 spiro atoms. The highest BCUT2D eigenvalue weighted by Gasteiger charge is 2.11. The van der Waals surface area contributed by atoms with Gasteiger partial charge >= 0.3 is 0 Å². The summed E-state index contributed by atoms with van der Waals surface area (Å²) in [6, 6.07) is 3.12. The van der Waals surface area contributed by atoms with Gasteiger partial charge in [-0.25, -0.2) is 17.9 Å². The Kier molecular flexibility index (Phi) is 3.61. The summed E-state index contributed by atoms with van der Waals surface area (Å²) in [5, 5.41) is 4.82. The minimum Gasteiger partial charge on any atom is -0.464 e. The number of methoxy groups -OCH3 is 1. The summed E-state index contributed by atoms with van der Waals surface area (Å²) in [4.78, 5) is -0.301. The number of rotatable bonds is 4. The number of nitrogens with two attached hydrogens (primary N) is 1. The third-order valence-electron chi connectivity index (χ3n) is 1.56. The Morgan fingerprint density at radius 2 is 2.13 bits per heavy atom. The summed E-state index contributed by atoms with van der Waals surface area (Å²) in [6.07, 6.45) is 0. The van der Waals surface area contributed by atoms with Crippen molar-refractivity contribution >= 4 is 10.0 Å². The Labute approximate surface area is 86.7 Å². The molecule has 1 aromatic carbocycles. The van der Waals surface area contributed by atoms with Gasteiger partial charge in [0, 0.05) is 7.11 Å². The fourth-order valence-electron chi connectivity index (χ4n) is 0.898. The maximum Gasteiger partial charge on any atom is 0.238 e. The maximum absolute atomic E-state index is 13.2. The van der Waals surface area contributed by atoms with Crippen molar-refractivity contribution in [2.45, 2.75) is 4.90 Å². The SMILES string of the molecule is COCOc1ccc(S(N)(=O)=O)cc1F. The van der Waals surface area contributed by atoms with Crippen LogP contribution in [0, 0.1) is 5.82 Å². The molecule has 0 saturated heterocycles. The zero-order valence-corrected chi connectivity index (χ0v) is 8.75. The Bertz CT molecular complexity index is 446. The van der Waals surface area contributed by atoms with Crippen molar-refractivity contribution in [3.8, 4) is 5.75 Å². The second-order valence-corrected chi connectivity index (χ2v) is 4.25. The average molecular weight is 235 g/mol. The van der Waals surface area contributed by atoms with Gasteiger partial charge in [-0.1, -0.05) is 0 Å². The van der Waals surface area contributed by atoms with Gasteiger partial charge in [-0.3, -0.25) is 0 Å². The number of halogens is 1. The molecule has 0 bridgehead atoms. The highest BCUT2D eigenvalue weighted by Crippen LogP contribution is 2.20. The van der Waals surface area contributed by atoms with E-state index in [0.29, 0.717) is 0 Å². The second-order valence-electron chi connectivity index (χ2n) is 2.69. The van der Waals surface area contributed by atoms with Crippen molar-refractivity contribution in [3.63, 3.8) is 0 Å². The number of benzene rings is 1. The smallest absolute Gasteiger partial charge is 0.238 e. The van der Waals surface area contributed by atoms with Crippen LogP contribution in [0.15, 0.2) is 23.1 Å². The zero-order valence-electron chi connectivity index (χ0n) is 7.94. The summed E-state index contributed by atoms with van der Waals surface area (Å²) in [5.41, 5.74) is 0. The molecule has 0 atom stereocenters. The van der Waals surface area contributed by atoms with Gasteiger partial charge in [0.1, 0.15) is 0 Å². The number of hydrogen-bond donors (Lipinski definition) is 1. The molecular formula is C8H10FNO4S. The lowest BCUT2D eigenvalue weighted by molar-refractivity contribution is 0.0482. The van der Waals surface area contributed by atoms with Crippen LogP contribution in [0.25, 0.3) is 0 Å². The molecular weight excluding hydrogens is 225 g/mol. The van der Waals surface area contributed by atoms with Crippen LogP contribution in [0.4, 0.5) is 4.39 Å². The molecule has 0 aliphatic carbocycles. The van der Waals surface area contributed by atoms with Crippen molar-refractivity contribution in [1.29, 1.82) is 0 Å². The molecule has 0 aliphatic heterocycles. The first-order valence-electron chi connectivity index (χ1n) is 3.89. The topological polar surface area (TPSA) is 78.6 Å². The molecule has 15 heavy (non-hydrogen) atoms. The molecule has 0 unspecified atom stereocenters. The Hall–Kier alpha value is -1.18. The summed E-state index contributed by atoms with van der Waals surface area (Å²) >= 11 is 0. The molecule has 84 valence electrons. The van der Waals surface area contributed by atoms with E-state index in [1.165, 1.54) is 13.2 Å². The van der Waals surface area contributed by atoms with Crippen LogP contribution < -0.4 is 9.88 Å². The van der Waals surface area contributed by atoms with E-state index in [2.05, 4.69) is 4.74 Å². The lowest BCUT2D eigenvalue weighted by Gasteiger charge is -2.06. The first kappa shape index (κ1) is 11.9. The summed E-state index contributed by atoms with van der Waals surface area (Å²) in [6.45, 7) is -0.119. The maximum atomic E-state index is 13.2. The fraction of sp³-hybridized carbons (Fsp3) is 0.250. The van der Waals surface area contributed by atoms with Crippen LogP contribution in [0.5, 0.6) is 5.75 Å². The van der Waals surface area contributed by atoms with Gasteiger partial charge in [0.2, 0.25) is 10.0 Å². The van der Waals surface area contributed by atoms with Gasteiger partial charge < -0.3 is 9.47 Å². The van der Waals surface area contributed by atoms with Gasteiger partial charge in [0.15, 0.2) is 18.4 Å². The van der Waals surface area contributed by atoms with Crippen molar-refractivity contribution in [3.05, 3.63) is 24.0 Å². The molecule has 0 amide bonds.